The predicted octanol–water partition coefficient (Wildman–Crippen LogP) is 7.41. The van der Waals surface area contributed by atoms with Crippen molar-refractivity contribution in [3.8, 4) is 0 Å². The van der Waals surface area contributed by atoms with Crippen LogP contribution in [0.4, 0.5) is 0 Å². The van der Waals surface area contributed by atoms with Gasteiger partial charge in [-0.25, -0.2) is 0 Å². The van der Waals surface area contributed by atoms with Gasteiger partial charge in [-0.2, -0.15) is 0 Å². The number of unbranched alkanes of at least 4 members (excludes halogenated alkanes) is 3. The molecule has 0 radical (unpaired) electrons. The molecule has 1 nitrogen and oxygen atoms in total. The standard InChI is InChI=1S/C9H10O.3C4H9.Sn/c1-2-9(10)8-6-4-3-5-7-8;3*1-3-4-2;/h2-7,10H,1H3;3*1,3-4H2,2H3;/q;;;;+1/p-1. The van der Waals surface area contributed by atoms with E-state index in [1.165, 1.54) is 57.4 Å². The van der Waals surface area contributed by atoms with Crippen LogP contribution in [-0.2, 0) is 3.07 Å². The Kier molecular flexibility index (Phi) is 10.7. The summed E-state index contributed by atoms with van der Waals surface area (Å²) in [6.07, 6.45) is 10.1. The minimum absolute atomic E-state index is 1.14. The third-order valence-corrected chi connectivity index (χ3v) is 17.3. The van der Waals surface area contributed by atoms with E-state index in [4.69, 9.17) is 3.07 Å². The molecule has 1 aromatic carbocycles. The molecule has 0 fully saturated rings. The third-order valence-electron chi connectivity index (χ3n) is 4.60. The SMILES string of the molecule is CC=C([O][Sn]([CH2]CCC)([CH2]CCC)[CH2]CCC)c1ccccc1. The molecule has 130 valence electrons. The molecule has 1 rings (SSSR count). The zero-order chi connectivity index (χ0) is 17.0. The van der Waals surface area contributed by atoms with Gasteiger partial charge >= 0.3 is 149 Å². The second-order valence-electron chi connectivity index (χ2n) is 6.61. The van der Waals surface area contributed by atoms with Crippen molar-refractivity contribution in [2.24, 2.45) is 0 Å². The number of hydrogen-bond donors (Lipinski definition) is 0. The molecule has 0 spiro atoms. The summed E-state index contributed by atoms with van der Waals surface area (Å²) in [6, 6.07) is 10.7. The van der Waals surface area contributed by atoms with Crippen LogP contribution in [0.15, 0.2) is 36.4 Å². The maximum atomic E-state index is 6.95. The van der Waals surface area contributed by atoms with E-state index in [-0.39, 0.29) is 0 Å². The molecule has 0 aromatic heterocycles. The first kappa shape index (κ1) is 20.6. The van der Waals surface area contributed by atoms with Crippen molar-refractivity contribution in [3.05, 3.63) is 42.0 Å². The van der Waals surface area contributed by atoms with E-state index in [2.05, 4.69) is 64.1 Å². The molecule has 0 aliphatic heterocycles. The fourth-order valence-electron chi connectivity index (χ4n) is 3.15. The monoisotopic (exact) mass is 424 g/mol. The fourth-order valence-corrected chi connectivity index (χ4v) is 16.7. The third kappa shape index (κ3) is 7.32. The van der Waals surface area contributed by atoms with E-state index < -0.39 is 18.8 Å². The normalized spacial score (nSPS) is 12.4. The summed E-state index contributed by atoms with van der Waals surface area (Å²) in [5.74, 6) is 1.14. The first-order chi connectivity index (χ1) is 11.2. The first-order valence-corrected chi connectivity index (χ1v) is 16.8. The van der Waals surface area contributed by atoms with Crippen molar-refractivity contribution < 1.29 is 3.07 Å². The Balaban J connectivity index is 2.98. The molecule has 2 heteroatoms. The van der Waals surface area contributed by atoms with Gasteiger partial charge in [0.1, 0.15) is 0 Å². The van der Waals surface area contributed by atoms with Crippen LogP contribution in [0.3, 0.4) is 0 Å². The van der Waals surface area contributed by atoms with Gasteiger partial charge in [-0.15, -0.1) is 0 Å². The second-order valence-corrected chi connectivity index (χ2v) is 18.2. The van der Waals surface area contributed by atoms with Crippen LogP contribution in [-0.4, -0.2) is 18.8 Å². The summed E-state index contributed by atoms with van der Waals surface area (Å²) < 4.78 is 11.1. The topological polar surface area (TPSA) is 9.23 Å². The van der Waals surface area contributed by atoms with E-state index >= 15 is 0 Å². The van der Waals surface area contributed by atoms with E-state index in [9.17, 15) is 0 Å². The molecule has 23 heavy (non-hydrogen) atoms. The van der Waals surface area contributed by atoms with E-state index in [1.54, 1.807) is 0 Å². The van der Waals surface area contributed by atoms with Gasteiger partial charge in [-0.05, 0) is 0 Å². The molecule has 0 aliphatic carbocycles. The molecule has 1 aromatic rings. The van der Waals surface area contributed by atoms with E-state index in [1.807, 2.05) is 0 Å². The number of allylic oxidation sites excluding steroid dienone is 1. The molecule has 0 atom stereocenters. The molecule has 0 unspecified atom stereocenters. The van der Waals surface area contributed by atoms with Crippen molar-refractivity contribution in [1.29, 1.82) is 0 Å². The van der Waals surface area contributed by atoms with Gasteiger partial charge < -0.3 is 0 Å². The Morgan fingerprint density at radius 3 is 1.74 bits per heavy atom. The van der Waals surface area contributed by atoms with Gasteiger partial charge in [-0.1, -0.05) is 0 Å². The van der Waals surface area contributed by atoms with Crippen LogP contribution >= 0.6 is 0 Å². The number of hydrogen-bond acceptors (Lipinski definition) is 1. The molecule has 0 N–H and O–H groups in total. The fraction of sp³-hybridized carbons (Fsp3) is 0.619. The number of benzene rings is 1. The summed E-state index contributed by atoms with van der Waals surface area (Å²) in [6.45, 7) is 9.05. The average Bonchev–Trinajstić information content (AvgIpc) is 2.61. The van der Waals surface area contributed by atoms with Crippen LogP contribution in [0.1, 0.15) is 71.8 Å². The maximum absolute atomic E-state index is 6.95. The van der Waals surface area contributed by atoms with Crippen molar-refractivity contribution in [2.45, 2.75) is 79.5 Å². The van der Waals surface area contributed by atoms with Crippen LogP contribution in [0.25, 0.3) is 5.76 Å². The Bertz CT molecular complexity index is 417. The van der Waals surface area contributed by atoms with Crippen LogP contribution in [0.5, 0.6) is 0 Å². The van der Waals surface area contributed by atoms with Gasteiger partial charge in [0.15, 0.2) is 0 Å². The Hall–Kier alpha value is -0.441. The summed E-state index contributed by atoms with van der Waals surface area (Å²) >= 11 is -2.57. The quantitative estimate of drug-likeness (QED) is 0.251. The predicted molar refractivity (Wildman–Crippen MR) is 106 cm³/mol. The first-order valence-electron chi connectivity index (χ1n) is 9.62. The van der Waals surface area contributed by atoms with Gasteiger partial charge in [0, 0.05) is 0 Å². The summed E-state index contributed by atoms with van der Waals surface area (Å²) in [5, 5.41) is 0. The molecule has 0 bridgehead atoms. The second kappa shape index (κ2) is 12.0. The summed E-state index contributed by atoms with van der Waals surface area (Å²) in [7, 11) is 0. The minimum atomic E-state index is -2.57. The summed E-state index contributed by atoms with van der Waals surface area (Å²) in [5.41, 5.74) is 1.25. The van der Waals surface area contributed by atoms with Gasteiger partial charge in [0.05, 0.1) is 0 Å². The summed E-state index contributed by atoms with van der Waals surface area (Å²) in [4.78, 5) is 0. The van der Waals surface area contributed by atoms with Gasteiger partial charge in [0.25, 0.3) is 0 Å². The Morgan fingerprint density at radius 1 is 0.870 bits per heavy atom. The van der Waals surface area contributed by atoms with Crippen LogP contribution in [0, 0.1) is 0 Å². The van der Waals surface area contributed by atoms with E-state index in [0.29, 0.717) is 0 Å². The zero-order valence-electron chi connectivity index (χ0n) is 15.7. The molecule has 0 saturated carbocycles. The van der Waals surface area contributed by atoms with Crippen molar-refractivity contribution >= 4 is 24.6 Å². The Labute approximate surface area is 148 Å². The van der Waals surface area contributed by atoms with Crippen molar-refractivity contribution in [1.82, 2.24) is 0 Å². The van der Waals surface area contributed by atoms with Crippen molar-refractivity contribution in [2.75, 3.05) is 0 Å². The van der Waals surface area contributed by atoms with Crippen LogP contribution in [0.2, 0.25) is 13.3 Å². The molecule has 0 aliphatic rings. The van der Waals surface area contributed by atoms with Gasteiger partial charge in [-0.3, -0.25) is 0 Å². The van der Waals surface area contributed by atoms with Crippen LogP contribution < -0.4 is 0 Å². The molecular weight excluding hydrogens is 387 g/mol. The molecule has 0 amide bonds. The van der Waals surface area contributed by atoms with Gasteiger partial charge in [0.2, 0.25) is 0 Å². The molecular formula is C21H36OSn. The van der Waals surface area contributed by atoms with E-state index in [0.717, 1.165) is 5.76 Å². The molecule has 0 saturated heterocycles. The zero-order valence-corrected chi connectivity index (χ0v) is 18.6. The number of rotatable bonds is 12. The Morgan fingerprint density at radius 2 is 1.35 bits per heavy atom. The molecule has 0 heterocycles. The van der Waals surface area contributed by atoms with Crippen molar-refractivity contribution in [3.63, 3.8) is 0 Å². The average molecular weight is 423 g/mol.